The zero-order valence-corrected chi connectivity index (χ0v) is 7.38. The number of hydrogen-bond acceptors (Lipinski definition) is 2. The number of allylic oxidation sites excluding steroid dienone is 1. The van der Waals surface area contributed by atoms with Crippen LogP contribution in [0.3, 0.4) is 0 Å². The monoisotopic (exact) mass is 158 g/mol. The van der Waals surface area contributed by atoms with Crippen LogP contribution in [0.1, 0.15) is 39.5 Å². The minimum absolute atomic E-state index is 0.313. The van der Waals surface area contributed by atoms with Gasteiger partial charge in [0.2, 0.25) is 0 Å². The van der Waals surface area contributed by atoms with Crippen molar-refractivity contribution in [2.75, 3.05) is 0 Å². The van der Waals surface area contributed by atoms with Crippen LogP contribution in [-0.2, 0) is 0 Å². The van der Waals surface area contributed by atoms with Crippen molar-refractivity contribution in [3.05, 3.63) is 11.8 Å². The second-order valence-electron chi connectivity index (χ2n) is 2.76. The van der Waals surface area contributed by atoms with E-state index in [1.807, 2.05) is 13.8 Å². The summed E-state index contributed by atoms with van der Waals surface area (Å²) in [4.78, 5) is 0. The summed E-state index contributed by atoms with van der Waals surface area (Å²) < 4.78 is 0. The van der Waals surface area contributed by atoms with Gasteiger partial charge < -0.3 is 10.2 Å². The summed E-state index contributed by atoms with van der Waals surface area (Å²) in [6.07, 6.45) is 4.33. The molecule has 0 heterocycles. The Labute approximate surface area is 68.6 Å². The second kappa shape index (κ2) is 6.23. The molecule has 0 bridgehead atoms. The van der Waals surface area contributed by atoms with Crippen LogP contribution in [0.4, 0.5) is 0 Å². The molecule has 0 radical (unpaired) electrons. The summed E-state index contributed by atoms with van der Waals surface area (Å²) in [6.45, 7) is 4.00. The van der Waals surface area contributed by atoms with Gasteiger partial charge in [0.15, 0.2) is 0 Å². The number of hydrogen-bond donors (Lipinski definition) is 2. The Morgan fingerprint density at radius 3 is 2.45 bits per heavy atom. The molecule has 0 aliphatic heterocycles. The summed E-state index contributed by atoms with van der Waals surface area (Å²) in [7, 11) is 0. The fourth-order valence-electron chi connectivity index (χ4n) is 0.941. The van der Waals surface area contributed by atoms with Crippen molar-refractivity contribution >= 4 is 0 Å². The van der Waals surface area contributed by atoms with Gasteiger partial charge in [0, 0.05) is 6.42 Å². The summed E-state index contributed by atoms with van der Waals surface area (Å²) >= 11 is 0. The van der Waals surface area contributed by atoms with Crippen molar-refractivity contribution in [2.45, 2.75) is 45.6 Å². The van der Waals surface area contributed by atoms with Gasteiger partial charge in [0.05, 0.1) is 11.9 Å². The SMILES string of the molecule is CCC/C(O)=C/C(O)CCC. The standard InChI is InChI=1S/C9H18O2/c1-3-5-8(10)7-9(11)6-4-2/h7-8,10-11H,3-6H2,1-2H3/b9-7-. The van der Waals surface area contributed by atoms with Crippen molar-refractivity contribution < 1.29 is 10.2 Å². The molecular formula is C9H18O2. The van der Waals surface area contributed by atoms with Crippen molar-refractivity contribution in [2.24, 2.45) is 0 Å². The molecule has 0 aliphatic carbocycles. The van der Waals surface area contributed by atoms with E-state index in [2.05, 4.69) is 0 Å². The lowest BCUT2D eigenvalue weighted by molar-refractivity contribution is 0.204. The average Bonchev–Trinajstić information content (AvgIpc) is 1.87. The Hall–Kier alpha value is -0.500. The molecule has 66 valence electrons. The van der Waals surface area contributed by atoms with Crippen molar-refractivity contribution in [1.29, 1.82) is 0 Å². The van der Waals surface area contributed by atoms with Crippen molar-refractivity contribution in [3.8, 4) is 0 Å². The Morgan fingerprint density at radius 1 is 1.36 bits per heavy atom. The minimum Gasteiger partial charge on any atom is -0.513 e. The van der Waals surface area contributed by atoms with Gasteiger partial charge >= 0.3 is 0 Å². The zero-order valence-electron chi connectivity index (χ0n) is 7.38. The Kier molecular flexibility index (Phi) is 5.94. The third-order valence-corrected chi connectivity index (χ3v) is 1.48. The molecule has 2 N–H and O–H groups in total. The molecule has 0 aromatic heterocycles. The highest BCUT2D eigenvalue weighted by Crippen LogP contribution is 2.05. The topological polar surface area (TPSA) is 40.5 Å². The number of aliphatic hydroxyl groups excluding tert-OH is 2. The molecule has 1 unspecified atom stereocenters. The van der Waals surface area contributed by atoms with E-state index in [1.54, 1.807) is 0 Å². The predicted molar refractivity (Wildman–Crippen MR) is 46.5 cm³/mol. The molecule has 1 atom stereocenters. The maximum absolute atomic E-state index is 9.21. The molecule has 0 aromatic rings. The number of aliphatic hydroxyl groups is 2. The Balaban J connectivity index is 3.66. The van der Waals surface area contributed by atoms with Gasteiger partial charge in [0.25, 0.3) is 0 Å². The first-order valence-electron chi connectivity index (χ1n) is 4.28. The molecule has 0 saturated heterocycles. The maximum Gasteiger partial charge on any atom is 0.0908 e. The van der Waals surface area contributed by atoms with E-state index in [9.17, 15) is 5.11 Å². The molecule has 0 aliphatic rings. The molecule has 0 fully saturated rings. The predicted octanol–water partition coefficient (Wildman–Crippen LogP) is 2.39. The van der Waals surface area contributed by atoms with Crippen LogP contribution < -0.4 is 0 Å². The van der Waals surface area contributed by atoms with Crippen LogP contribution >= 0.6 is 0 Å². The van der Waals surface area contributed by atoms with E-state index in [-0.39, 0.29) is 0 Å². The third-order valence-electron chi connectivity index (χ3n) is 1.48. The fourth-order valence-corrected chi connectivity index (χ4v) is 0.941. The summed E-state index contributed by atoms with van der Waals surface area (Å²) in [5, 5.41) is 18.4. The van der Waals surface area contributed by atoms with Crippen LogP contribution in [0.5, 0.6) is 0 Å². The molecular weight excluding hydrogens is 140 g/mol. The molecule has 2 heteroatoms. The van der Waals surface area contributed by atoms with Crippen LogP contribution in [0.25, 0.3) is 0 Å². The molecule has 0 aromatic carbocycles. The largest absolute Gasteiger partial charge is 0.513 e. The molecule has 11 heavy (non-hydrogen) atoms. The first kappa shape index (κ1) is 10.5. The van der Waals surface area contributed by atoms with E-state index in [1.165, 1.54) is 6.08 Å². The van der Waals surface area contributed by atoms with Crippen LogP contribution in [0, 0.1) is 0 Å². The lowest BCUT2D eigenvalue weighted by atomic mass is 10.1. The summed E-state index contributed by atoms with van der Waals surface area (Å²) in [5.41, 5.74) is 0. The lowest BCUT2D eigenvalue weighted by Gasteiger charge is -2.03. The van der Waals surface area contributed by atoms with Gasteiger partial charge in [-0.1, -0.05) is 20.3 Å². The maximum atomic E-state index is 9.21. The van der Waals surface area contributed by atoms with E-state index in [4.69, 9.17) is 5.11 Å². The van der Waals surface area contributed by atoms with Gasteiger partial charge in [-0.3, -0.25) is 0 Å². The normalized spacial score (nSPS) is 15.0. The highest BCUT2D eigenvalue weighted by atomic mass is 16.3. The van der Waals surface area contributed by atoms with Crippen molar-refractivity contribution in [1.82, 2.24) is 0 Å². The van der Waals surface area contributed by atoms with Crippen LogP contribution in [0.15, 0.2) is 11.8 Å². The van der Waals surface area contributed by atoms with E-state index >= 15 is 0 Å². The molecule has 0 rings (SSSR count). The van der Waals surface area contributed by atoms with Gasteiger partial charge in [-0.05, 0) is 18.9 Å². The summed E-state index contributed by atoms with van der Waals surface area (Å²) in [6, 6.07) is 0. The van der Waals surface area contributed by atoms with E-state index in [0.29, 0.717) is 12.2 Å². The highest BCUT2D eigenvalue weighted by Gasteiger charge is 1.99. The number of rotatable bonds is 5. The zero-order chi connectivity index (χ0) is 8.69. The smallest absolute Gasteiger partial charge is 0.0908 e. The van der Waals surface area contributed by atoms with Gasteiger partial charge in [-0.25, -0.2) is 0 Å². The molecule has 2 nitrogen and oxygen atoms in total. The molecule has 0 spiro atoms. The third kappa shape index (κ3) is 5.92. The minimum atomic E-state index is -0.466. The Bertz CT molecular complexity index is 119. The van der Waals surface area contributed by atoms with E-state index < -0.39 is 6.10 Å². The van der Waals surface area contributed by atoms with Gasteiger partial charge in [-0.15, -0.1) is 0 Å². The highest BCUT2D eigenvalue weighted by molar-refractivity contribution is 4.95. The molecule has 0 amide bonds. The van der Waals surface area contributed by atoms with Crippen molar-refractivity contribution in [3.63, 3.8) is 0 Å². The average molecular weight is 158 g/mol. The van der Waals surface area contributed by atoms with Crippen LogP contribution in [-0.4, -0.2) is 16.3 Å². The van der Waals surface area contributed by atoms with Gasteiger partial charge in [-0.2, -0.15) is 0 Å². The fraction of sp³-hybridized carbons (Fsp3) is 0.778. The lowest BCUT2D eigenvalue weighted by Crippen LogP contribution is -2.02. The first-order chi connectivity index (χ1) is 5.20. The van der Waals surface area contributed by atoms with Gasteiger partial charge in [0.1, 0.15) is 0 Å². The summed E-state index contributed by atoms with van der Waals surface area (Å²) in [5.74, 6) is 0.313. The quantitative estimate of drug-likeness (QED) is 0.603. The molecule has 0 saturated carbocycles. The van der Waals surface area contributed by atoms with Crippen LogP contribution in [0.2, 0.25) is 0 Å². The van der Waals surface area contributed by atoms with E-state index in [0.717, 1.165) is 19.3 Å². The Morgan fingerprint density at radius 2 is 2.00 bits per heavy atom. The first-order valence-corrected chi connectivity index (χ1v) is 4.28. The second-order valence-corrected chi connectivity index (χ2v) is 2.76.